The van der Waals surface area contributed by atoms with Crippen LogP contribution in [0.25, 0.3) is 0 Å². The first-order chi connectivity index (χ1) is 12.5. The van der Waals surface area contributed by atoms with Gasteiger partial charge in [0.2, 0.25) is 5.13 Å². The monoisotopic (exact) mass is 391 g/mol. The predicted molar refractivity (Wildman–Crippen MR) is 107 cm³/mol. The molecular formula is C19H25N3O2S2. The predicted octanol–water partition coefficient (Wildman–Crippen LogP) is 4.57. The van der Waals surface area contributed by atoms with Crippen LogP contribution in [0.5, 0.6) is 5.75 Å². The highest BCUT2D eigenvalue weighted by atomic mass is 32.2. The van der Waals surface area contributed by atoms with Crippen molar-refractivity contribution in [2.45, 2.75) is 56.9 Å². The summed E-state index contributed by atoms with van der Waals surface area (Å²) in [7, 11) is 0. The second-order valence-electron chi connectivity index (χ2n) is 6.93. The lowest BCUT2D eigenvalue weighted by atomic mass is 9.91. The summed E-state index contributed by atoms with van der Waals surface area (Å²) < 4.78 is 6.85. The van der Waals surface area contributed by atoms with Crippen LogP contribution in [0, 0.1) is 5.92 Å². The van der Waals surface area contributed by atoms with Gasteiger partial charge in [0.1, 0.15) is 5.75 Å². The van der Waals surface area contributed by atoms with Crippen molar-refractivity contribution in [3.8, 4) is 5.75 Å². The van der Waals surface area contributed by atoms with Crippen molar-refractivity contribution in [2.75, 3.05) is 11.1 Å². The zero-order chi connectivity index (χ0) is 18.5. The summed E-state index contributed by atoms with van der Waals surface area (Å²) in [5.74, 6) is 2.21. The first-order valence-corrected chi connectivity index (χ1v) is 10.9. The van der Waals surface area contributed by atoms with Crippen molar-refractivity contribution in [2.24, 2.45) is 5.92 Å². The molecule has 1 atom stereocenters. The molecular weight excluding hydrogens is 366 g/mol. The Bertz CT molecular complexity index is 761. The van der Waals surface area contributed by atoms with Crippen molar-refractivity contribution < 1.29 is 9.53 Å². The topological polar surface area (TPSA) is 64.1 Å². The molecule has 0 unspecified atom stereocenters. The molecule has 140 valence electrons. The van der Waals surface area contributed by atoms with E-state index in [-0.39, 0.29) is 5.91 Å². The lowest BCUT2D eigenvalue weighted by Crippen LogP contribution is -2.30. The molecule has 1 heterocycles. The van der Waals surface area contributed by atoms with E-state index >= 15 is 0 Å². The number of aryl methyl sites for hydroxylation is 1. The highest BCUT2D eigenvalue weighted by Gasteiger charge is 2.20. The van der Waals surface area contributed by atoms with E-state index in [4.69, 9.17) is 4.74 Å². The maximum atomic E-state index is 12.5. The van der Waals surface area contributed by atoms with E-state index in [0.29, 0.717) is 11.0 Å². The van der Waals surface area contributed by atoms with E-state index in [9.17, 15) is 4.79 Å². The summed E-state index contributed by atoms with van der Waals surface area (Å²) in [5.41, 5.74) is 2.60. The molecule has 1 aliphatic rings. The largest absolute Gasteiger partial charge is 0.481 e. The van der Waals surface area contributed by atoms with E-state index in [1.165, 1.54) is 35.3 Å². The highest BCUT2D eigenvalue weighted by molar-refractivity contribution is 8.01. The molecule has 0 radical (unpaired) electrons. The van der Waals surface area contributed by atoms with Gasteiger partial charge in [-0.15, -0.1) is 10.2 Å². The first kappa shape index (κ1) is 19.2. The Labute approximate surface area is 162 Å². The van der Waals surface area contributed by atoms with Crippen LogP contribution in [0.4, 0.5) is 5.13 Å². The van der Waals surface area contributed by atoms with Gasteiger partial charge >= 0.3 is 0 Å². The minimum Gasteiger partial charge on any atom is -0.481 e. The summed E-state index contributed by atoms with van der Waals surface area (Å²) in [6, 6.07) is 6.12. The van der Waals surface area contributed by atoms with E-state index in [0.717, 1.165) is 28.7 Å². The number of carbonyl (C=O) groups excluding carboxylic acids is 1. The SMILES string of the molecule is CC(C)CSc1nnc(NC(=O)[C@@H](C)Oc2cccc3c2CCCC3)s1. The van der Waals surface area contributed by atoms with Gasteiger partial charge in [-0.1, -0.05) is 49.1 Å². The second kappa shape index (κ2) is 8.86. The fraction of sp³-hybridized carbons (Fsp3) is 0.526. The molecule has 0 saturated carbocycles. The van der Waals surface area contributed by atoms with Gasteiger partial charge in [0.05, 0.1) is 0 Å². The van der Waals surface area contributed by atoms with E-state index in [2.05, 4.69) is 35.4 Å². The number of carbonyl (C=O) groups is 1. The summed E-state index contributed by atoms with van der Waals surface area (Å²) in [5, 5.41) is 11.5. The molecule has 2 aromatic rings. The standard InChI is InChI=1S/C19H25N3O2S2/c1-12(2)11-25-19-22-21-18(26-19)20-17(23)13(3)24-16-10-6-8-14-7-4-5-9-15(14)16/h6,8,10,12-13H,4-5,7,9,11H2,1-3H3,(H,20,21,23)/t13-/m1/s1. The van der Waals surface area contributed by atoms with Gasteiger partial charge in [-0.05, 0) is 55.7 Å². The van der Waals surface area contributed by atoms with Crippen LogP contribution in [0.3, 0.4) is 0 Å². The minimum absolute atomic E-state index is 0.199. The van der Waals surface area contributed by atoms with Crippen LogP contribution in [0.1, 0.15) is 44.7 Å². The lowest BCUT2D eigenvalue weighted by Gasteiger charge is -2.21. The van der Waals surface area contributed by atoms with Gasteiger partial charge in [-0.25, -0.2) is 0 Å². The van der Waals surface area contributed by atoms with Crippen LogP contribution >= 0.6 is 23.1 Å². The van der Waals surface area contributed by atoms with Crippen LogP contribution in [0.15, 0.2) is 22.5 Å². The fourth-order valence-electron chi connectivity index (χ4n) is 2.86. The van der Waals surface area contributed by atoms with Crippen LogP contribution in [0.2, 0.25) is 0 Å². The number of benzene rings is 1. The molecule has 3 rings (SSSR count). The van der Waals surface area contributed by atoms with Crippen molar-refractivity contribution >= 4 is 34.1 Å². The summed E-state index contributed by atoms with van der Waals surface area (Å²) in [4.78, 5) is 12.5. The van der Waals surface area contributed by atoms with Crippen molar-refractivity contribution in [1.29, 1.82) is 0 Å². The quantitative estimate of drug-likeness (QED) is 0.553. The first-order valence-electron chi connectivity index (χ1n) is 9.07. The summed E-state index contributed by atoms with van der Waals surface area (Å²) >= 11 is 3.07. The Morgan fingerprint density at radius 3 is 2.88 bits per heavy atom. The molecule has 0 aliphatic heterocycles. The number of hydrogen-bond donors (Lipinski definition) is 1. The average Bonchev–Trinajstić information content (AvgIpc) is 3.07. The van der Waals surface area contributed by atoms with Crippen LogP contribution in [-0.4, -0.2) is 28.0 Å². The molecule has 5 nitrogen and oxygen atoms in total. The Morgan fingerprint density at radius 1 is 1.27 bits per heavy atom. The smallest absolute Gasteiger partial charge is 0.266 e. The molecule has 0 bridgehead atoms. The molecule has 1 aliphatic carbocycles. The number of fused-ring (bicyclic) bond motifs is 1. The molecule has 1 N–H and O–H groups in total. The number of thioether (sulfide) groups is 1. The molecule has 0 spiro atoms. The van der Waals surface area contributed by atoms with Gasteiger partial charge < -0.3 is 4.74 Å². The maximum absolute atomic E-state index is 12.5. The minimum atomic E-state index is -0.584. The number of hydrogen-bond acceptors (Lipinski definition) is 6. The fourth-order valence-corrected chi connectivity index (χ4v) is 4.60. The van der Waals surface area contributed by atoms with Gasteiger partial charge in [0.15, 0.2) is 10.4 Å². The highest BCUT2D eigenvalue weighted by Crippen LogP contribution is 2.30. The summed E-state index contributed by atoms with van der Waals surface area (Å²) in [6.45, 7) is 6.10. The molecule has 7 heteroatoms. The number of amides is 1. The van der Waals surface area contributed by atoms with Gasteiger partial charge in [-0.2, -0.15) is 0 Å². The van der Waals surface area contributed by atoms with Gasteiger partial charge in [-0.3, -0.25) is 10.1 Å². The number of nitrogens with one attached hydrogen (secondary N) is 1. The Kier molecular flexibility index (Phi) is 6.53. The molecule has 1 aromatic heterocycles. The molecule has 1 amide bonds. The molecule has 0 saturated heterocycles. The number of rotatable bonds is 7. The Balaban J connectivity index is 1.59. The number of nitrogens with zero attached hydrogens (tertiary/aromatic N) is 2. The number of aromatic nitrogens is 2. The molecule has 1 aromatic carbocycles. The lowest BCUT2D eigenvalue weighted by molar-refractivity contribution is -0.122. The van der Waals surface area contributed by atoms with E-state index in [1.54, 1.807) is 18.7 Å². The number of ether oxygens (including phenoxy) is 1. The Hall–Kier alpha value is -1.60. The van der Waals surface area contributed by atoms with E-state index < -0.39 is 6.10 Å². The maximum Gasteiger partial charge on any atom is 0.266 e. The van der Waals surface area contributed by atoms with Crippen LogP contribution < -0.4 is 10.1 Å². The average molecular weight is 392 g/mol. The molecule has 26 heavy (non-hydrogen) atoms. The van der Waals surface area contributed by atoms with Crippen molar-refractivity contribution in [3.63, 3.8) is 0 Å². The third-order valence-corrected chi connectivity index (χ3v) is 6.60. The van der Waals surface area contributed by atoms with Crippen molar-refractivity contribution in [3.05, 3.63) is 29.3 Å². The summed E-state index contributed by atoms with van der Waals surface area (Å²) in [6.07, 6.45) is 3.93. The third kappa shape index (κ3) is 4.98. The normalized spacial score (nSPS) is 14.8. The van der Waals surface area contributed by atoms with E-state index in [1.807, 2.05) is 12.1 Å². The molecule has 0 fully saturated rings. The van der Waals surface area contributed by atoms with Gasteiger partial charge in [0.25, 0.3) is 5.91 Å². The van der Waals surface area contributed by atoms with Crippen molar-refractivity contribution in [1.82, 2.24) is 10.2 Å². The number of anilines is 1. The van der Waals surface area contributed by atoms with Crippen LogP contribution in [-0.2, 0) is 17.6 Å². The second-order valence-corrected chi connectivity index (χ2v) is 9.17. The van der Waals surface area contributed by atoms with Gasteiger partial charge in [0, 0.05) is 5.75 Å². The Morgan fingerprint density at radius 2 is 2.08 bits per heavy atom. The zero-order valence-corrected chi connectivity index (χ0v) is 17.1. The zero-order valence-electron chi connectivity index (χ0n) is 15.4. The third-order valence-electron chi connectivity index (χ3n) is 4.20.